The van der Waals surface area contributed by atoms with Crippen molar-refractivity contribution in [1.29, 1.82) is 0 Å². The van der Waals surface area contributed by atoms with Gasteiger partial charge in [0.2, 0.25) is 5.76 Å². The first-order chi connectivity index (χ1) is 15.0. The first-order valence-corrected chi connectivity index (χ1v) is 10.6. The highest BCUT2D eigenvalue weighted by Crippen LogP contribution is 2.42. The minimum absolute atomic E-state index is 0.0422. The van der Waals surface area contributed by atoms with Crippen molar-refractivity contribution in [2.24, 2.45) is 0 Å². The highest BCUT2D eigenvalue weighted by Gasteiger charge is 2.43. The Morgan fingerprint density at radius 2 is 1.81 bits per heavy atom. The number of nitrogens with zero attached hydrogens (tertiary/aromatic N) is 1. The number of hydrogen-bond acceptors (Lipinski definition) is 4. The smallest absolute Gasteiger partial charge is 0.295 e. The van der Waals surface area contributed by atoms with Gasteiger partial charge in [-0.25, -0.2) is 0 Å². The summed E-state index contributed by atoms with van der Waals surface area (Å²) < 4.78 is 12.0. The molecule has 5 nitrogen and oxygen atoms in total. The van der Waals surface area contributed by atoms with Gasteiger partial charge in [0.25, 0.3) is 5.91 Å². The summed E-state index contributed by atoms with van der Waals surface area (Å²) in [6.07, 6.45) is 0. The van der Waals surface area contributed by atoms with Gasteiger partial charge in [-0.2, -0.15) is 0 Å². The van der Waals surface area contributed by atoms with E-state index in [1.165, 1.54) is 0 Å². The van der Waals surface area contributed by atoms with E-state index >= 15 is 0 Å². The Kier molecular flexibility index (Phi) is 4.84. The van der Waals surface area contributed by atoms with Crippen LogP contribution in [-0.2, 0) is 0 Å². The Morgan fingerprint density at radius 3 is 2.52 bits per heavy atom. The lowest BCUT2D eigenvalue weighted by Gasteiger charge is -2.25. The molecule has 0 bridgehead atoms. The molecule has 1 amide bonds. The maximum absolute atomic E-state index is 13.6. The van der Waals surface area contributed by atoms with E-state index in [0.717, 1.165) is 10.0 Å². The lowest BCUT2D eigenvalue weighted by Crippen LogP contribution is -2.29. The summed E-state index contributed by atoms with van der Waals surface area (Å²) >= 11 is 9.65. The molecule has 1 unspecified atom stereocenters. The van der Waals surface area contributed by atoms with Crippen LogP contribution in [0.2, 0.25) is 5.02 Å². The number of anilines is 1. The molecule has 0 aliphatic carbocycles. The summed E-state index contributed by atoms with van der Waals surface area (Å²) in [5, 5.41) is 0.922. The minimum Gasteiger partial charge on any atom is -0.497 e. The van der Waals surface area contributed by atoms with Crippen LogP contribution in [0.3, 0.4) is 0 Å². The maximum atomic E-state index is 13.6. The summed E-state index contributed by atoms with van der Waals surface area (Å²) in [7, 11) is 1.58. The van der Waals surface area contributed by atoms with Gasteiger partial charge >= 0.3 is 0 Å². The molecule has 0 spiro atoms. The molecular weight excluding hydrogens is 482 g/mol. The molecule has 1 atom stereocenters. The quantitative estimate of drug-likeness (QED) is 0.351. The molecule has 4 aromatic rings. The van der Waals surface area contributed by atoms with Crippen LogP contribution in [0.25, 0.3) is 11.0 Å². The van der Waals surface area contributed by atoms with Crippen LogP contribution in [-0.4, -0.2) is 13.0 Å². The first kappa shape index (κ1) is 19.8. The third-order valence-electron chi connectivity index (χ3n) is 5.35. The summed E-state index contributed by atoms with van der Waals surface area (Å²) in [6.45, 7) is 0. The standard InChI is InChI=1S/C24H15BrClNO4/c1-30-17-8-6-16(7-9-17)27-21(13-3-2-4-15(26)11-13)20-22(28)18-12-14(25)5-10-19(18)31-23(20)24(27)29/h2-12,21H,1H3. The molecule has 3 aromatic carbocycles. The third-order valence-corrected chi connectivity index (χ3v) is 6.08. The van der Waals surface area contributed by atoms with Crippen molar-refractivity contribution in [3.05, 3.63) is 103 Å². The van der Waals surface area contributed by atoms with Gasteiger partial charge in [0, 0.05) is 15.2 Å². The van der Waals surface area contributed by atoms with Crippen molar-refractivity contribution in [3.63, 3.8) is 0 Å². The maximum Gasteiger partial charge on any atom is 0.295 e. The monoisotopic (exact) mass is 495 g/mol. The Hall–Kier alpha value is -3.09. The van der Waals surface area contributed by atoms with E-state index in [0.29, 0.717) is 33.0 Å². The molecule has 5 rings (SSSR count). The Morgan fingerprint density at radius 1 is 1.03 bits per heavy atom. The number of rotatable bonds is 3. The van der Waals surface area contributed by atoms with Crippen LogP contribution in [0.15, 0.2) is 80.4 Å². The van der Waals surface area contributed by atoms with Crippen molar-refractivity contribution in [1.82, 2.24) is 0 Å². The van der Waals surface area contributed by atoms with Crippen LogP contribution < -0.4 is 15.1 Å². The second-order valence-corrected chi connectivity index (χ2v) is 8.50. The fourth-order valence-corrected chi connectivity index (χ4v) is 4.51. The number of methoxy groups -OCH3 is 1. The van der Waals surface area contributed by atoms with Crippen LogP contribution in [0.1, 0.15) is 27.7 Å². The predicted octanol–water partition coefficient (Wildman–Crippen LogP) is 5.97. The second-order valence-electron chi connectivity index (χ2n) is 7.15. The molecule has 1 aliphatic heterocycles. The molecule has 1 aliphatic rings. The fraction of sp³-hybridized carbons (Fsp3) is 0.0833. The van der Waals surface area contributed by atoms with Crippen molar-refractivity contribution in [3.8, 4) is 5.75 Å². The lowest BCUT2D eigenvalue weighted by atomic mass is 9.98. The zero-order chi connectivity index (χ0) is 21.7. The summed E-state index contributed by atoms with van der Waals surface area (Å²) in [6, 6.07) is 18.7. The largest absolute Gasteiger partial charge is 0.497 e. The van der Waals surface area contributed by atoms with Gasteiger partial charge < -0.3 is 9.15 Å². The second kappa shape index (κ2) is 7.55. The molecule has 7 heteroatoms. The van der Waals surface area contributed by atoms with Crippen molar-refractivity contribution in [2.75, 3.05) is 12.0 Å². The number of hydrogen-bond donors (Lipinski definition) is 0. The van der Waals surface area contributed by atoms with Gasteiger partial charge in [-0.15, -0.1) is 0 Å². The van der Waals surface area contributed by atoms with Gasteiger partial charge in [-0.1, -0.05) is 39.7 Å². The van der Waals surface area contributed by atoms with E-state index in [2.05, 4.69) is 15.9 Å². The van der Waals surface area contributed by atoms with Crippen LogP contribution in [0, 0.1) is 0 Å². The molecule has 154 valence electrons. The SMILES string of the molecule is COc1ccc(N2C(=O)c3oc4ccc(Br)cc4c(=O)c3C2c2cccc(Cl)c2)cc1. The average Bonchev–Trinajstić information content (AvgIpc) is 3.07. The molecular formula is C24H15BrClNO4. The Labute approximate surface area is 190 Å². The van der Waals surface area contributed by atoms with E-state index < -0.39 is 6.04 Å². The molecule has 0 radical (unpaired) electrons. The number of benzene rings is 3. The Balaban J connectivity index is 1.80. The third kappa shape index (κ3) is 3.23. The van der Waals surface area contributed by atoms with E-state index in [4.69, 9.17) is 20.8 Å². The van der Waals surface area contributed by atoms with E-state index in [1.54, 1.807) is 72.7 Å². The molecule has 31 heavy (non-hydrogen) atoms. The summed E-state index contributed by atoms with van der Waals surface area (Å²) in [5.74, 6) is 0.324. The summed E-state index contributed by atoms with van der Waals surface area (Å²) in [5.41, 5.74) is 1.76. The van der Waals surface area contributed by atoms with Crippen molar-refractivity contribution >= 4 is 50.1 Å². The van der Waals surface area contributed by atoms with Crippen LogP contribution in [0.4, 0.5) is 5.69 Å². The normalized spacial score (nSPS) is 15.4. The van der Waals surface area contributed by atoms with Gasteiger partial charge in [0.15, 0.2) is 5.43 Å². The molecule has 0 fully saturated rings. The topological polar surface area (TPSA) is 59.8 Å². The minimum atomic E-state index is -0.672. The molecule has 2 heterocycles. The summed E-state index contributed by atoms with van der Waals surface area (Å²) in [4.78, 5) is 28.6. The predicted molar refractivity (Wildman–Crippen MR) is 123 cm³/mol. The highest BCUT2D eigenvalue weighted by molar-refractivity contribution is 9.10. The molecule has 0 N–H and O–H groups in total. The number of halogens is 2. The first-order valence-electron chi connectivity index (χ1n) is 9.47. The van der Waals surface area contributed by atoms with Gasteiger partial charge in [-0.3, -0.25) is 14.5 Å². The number of carbonyl (C=O) groups is 1. The van der Waals surface area contributed by atoms with Gasteiger partial charge in [0.1, 0.15) is 11.3 Å². The molecule has 1 aromatic heterocycles. The number of amides is 1. The van der Waals surface area contributed by atoms with E-state index in [1.807, 2.05) is 6.07 Å². The van der Waals surface area contributed by atoms with Crippen LogP contribution in [0.5, 0.6) is 5.75 Å². The van der Waals surface area contributed by atoms with Crippen molar-refractivity contribution in [2.45, 2.75) is 6.04 Å². The van der Waals surface area contributed by atoms with Gasteiger partial charge in [-0.05, 0) is 60.2 Å². The number of fused-ring (bicyclic) bond motifs is 2. The lowest BCUT2D eigenvalue weighted by molar-refractivity contribution is 0.0971. The molecule has 0 saturated heterocycles. The number of carbonyl (C=O) groups excluding carboxylic acids is 1. The van der Waals surface area contributed by atoms with Gasteiger partial charge in [0.05, 0.1) is 24.1 Å². The number of ether oxygens (including phenoxy) is 1. The van der Waals surface area contributed by atoms with Crippen molar-refractivity contribution < 1.29 is 13.9 Å². The Bertz CT molecular complexity index is 1400. The average molecular weight is 497 g/mol. The van der Waals surface area contributed by atoms with E-state index in [9.17, 15) is 9.59 Å². The van der Waals surface area contributed by atoms with E-state index in [-0.39, 0.29) is 17.1 Å². The highest BCUT2D eigenvalue weighted by atomic mass is 79.9. The zero-order valence-electron chi connectivity index (χ0n) is 16.3. The zero-order valence-corrected chi connectivity index (χ0v) is 18.6. The van der Waals surface area contributed by atoms with Crippen LogP contribution >= 0.6 is 27.5 Å². The molecule has 0 saturated carbocycles. The fourth-order valence-electron chi connectivity index (χ4n) is 3.95.